The zero-order valence-electron chi connectivity index (χ0n) is 11.9. The Morgan fingerprint density at radius 2 is 2.21 bits per heavy atom. The lowest BCUT2D eigenvalue weighted by molar-refractivity contribution is -0.122. The fourth-order valence-corrected chi connectivity index (χ4v) is 2.82. The lowest BCUT2D eigenvalue weighted by Gasteiger charge is -2.25. The number of benzene rings is 1. The molecule has 0 aliphatic heterocycles. The number of aryl methyl sites for hydroxylation is 1. The lowest BCUT2D eigenvalue weighted by Crippen LogP contribution is -2.41. The summed E-state index contributed by atoms with van der Waals surface area (Å²) in [7, 11) is 0. The van der Waals surface area contributed by atoms with Crippen molar-refractivity contribution < 1.29 is 4.79 Å². The molecule has 19 heavy (non-hydrogen) atoms. The number of likely N-dealkylation sites (N-methyl/N-ethyl adjacent to an activating group) is 1. The zero-order chi connectivity index (χ0) is 13.7. The monoisotopic (exact) mass is 260 g/mol. The molecule has 1 aliphatic carbocycles. The smallest absolute Gasteiger partial charge is 0.227 e. The minimum absolute atomic E-state index is 0.0405. The number of amides is 1. The van der Waals surface area contributed by atoms with Crippen LogP contribution < -0.4 is 10.6 Å². The van der Waals surface area contributed by atoms with E-state index in [9.17, 15) is 4.79 Å². The second-order valence-corrected chi connectivity index (χ2v) is 5.35. The molecule has 3 heteroatoms. The second-order valence-electron chi connectivity index (χ2n) is 5.35. The summed E-state index contributed by atoms with van der Waals surface area (Å²) in [5.41, 5.74) is 2.57. The van der Waals surface area contributed by atoms with Gasteiger partial charge in [-0.15, -0.1) is 0 Å². The Bertz CT molecular complexity index is 431. The van der Waals surface area contributed by atoms with Crippen LogP contribution in [-0.4, -0.2) is 25.0 Å². The predicted molar refractivity (Wildman–Crippen MR) is 78.3 cm³/mol. The molecule has 2 rings (SSSR count). The Morgan fingerprint density at radius 3 is 3.00 bits per heavy atom. The summed E-state index contributed by atoms with van der Waals surface area (Å²) in [5.74, 6) is 0.218. The molecule has 1 unspecified atom stereocenters. The molecule has 0 fully saturated rings. The van der Waals surface area contributed by atoms with Crippen molar-refractivity contribution in [2.45, 2.75) is 45.1 Å². The van der Waals surface area contributed by atoms with Crippen molar-refractivity contribution in [1.82, 2.24) is 10.6 Å². The van der Waals surface area contributed by atoms with E-state index in [0.29, 0.717) is 12.6 Å². The average molecular weight is 260 g/mol. The van der Waals surface area contributed by atoms with Crippen LogP contribution >= 0.6 is 0 Å². The van der Waals surface area contributed by atoms with Gasteiger partial charge >= 0.3 is 0 Å². The first kappa shape index (κ1) is 14.1. The van der Waals surface area contributed by atoms with Crippen LogP contribution in [0.1, 0.15) is 43.7 Å². The highest BCUT2D eigenvalue weighted by molar-refractivity contribution is 5.84. The third kappa shape index (κ3) is 3.57. The quantitative estimate of drug-likeness (QED) is 0.852. The summed E-state index contributed by atoms with van der Waals surface area (Å²) in [5, 5.41) is 6.38. The van der Waals surface area contributed by atoms with E-state index in [1.54, 1.807) is 0 Å². The molecule has 1 aromatic carbocycles. The van der Waals surface area contributed by atoms with E-state index in [1.165, 1.54) is 11.1 Å². The summed E-state index contributed by atoms with van der Waals surface area (Å²) in [4.78, 5) is 12.3. The fourth-order valence-electron chi connectivity index (χ4n) is 2.82. The summed E-state index contributed by atoms with van der Waals surface area (Å²) in [6.07, 6.45) is 3.18. The molecule has 1 amide bonds. The minimum Gasteiger partial charge on any atom is -0.354 e. The molecule has 3 nitrogen and oxygen atoms in total. The summed E-state index contributed by atoms with van der Waals surface area (Å²) in [6, 6.07) is 8.67. The molecule has 2 N–H and O–H groups in total. The lowest BCUT2D eigenvalue weighted by atomic mass is 9.82. The molecule has 104 valence electrons. The van der Waals surface area contributed by atoms with Crippen molar-refractivity contribution in [3.63, 3.8) is 0 Å². The highest BCUT2D eigenvalue weighted by Crippen LogP contribution is 2.31. The molecule has 0 saturated carbocycles. The molecule has 0 bridgehead atoms. The van der Waals surface area contributed by atoms with Gasteiger partial charge in [0.25, 0.3) is 0 Å². The first-order valence-electron chi connectivity index (χ1n) is 7.31. The van der Waals surface area contributed by atoms with Crippen molar-refractivity contribution in [2.75, 3.05) is 13.1 Å². The van der Waals surface area contributed by atoms with Crippen LogP contribution in [0.3, 0.4) is 0 Å². The number of rotatable bonds is 5. The predicted octanol–water partition coefficient (Wildman–Crippen LogP) is 2.22. The maximum Gasteiger partial charge on any atom is 0.227 e. The number of carbonyl (C=O) groups excluding carboxylic acids is 1. The highest BCUT2D eigenvalue weighted by atomic mass is 16.1. The maximum atomic E-state index is 12.3. The fraction of sp³-hybridized carbons (Fsp3) is 0.562. The largest absolute Gasteiger partial charge is 0.354 e. The van der Waals surface area contributed by atoms with E-state index in [1.807, 2.05) is 6.07 Å². The topological polar surface area (TPSA) is 41.1 Å². The van der Waals surface area contributed by atoms with E-state index in [-0.39, 0.29) is 11.8 Å². The van der Waals surface area contributed by atoms with Gasteiger partial charge in [-0.05, 0) is 43.9 Å². The van der Waals surface area contributed by atoms with Gasteiger partial charge in [0, 0.05) is 12.6 Å². The van der Waals surface area contributed by atoms with Gasteiger partial charge in [-0.25, -0.2) is 0 Å². The van der Waals surface area contributed by atoms with Crippen LogP contribution in [0.4, 0.5) is 0 Å². The first-order valence-corrected chi connectivity index (χ1v) is 7.31. The van der Waals surface area contributed by atoms with Crippen LogP contribution in [0.2, 0.25) is 0 Å². The van der Waals surface area contributed by atoms with Crippen molar-refractivity contribution in [1.29, 1.82) is 0 Å². The van der Waals surface area contributed by atoms with Crippen LogP contribution in [-0.2, 0) is 11.2 Å². The SMILES string of the molecule is CCN[C@H](C)CNC(=O)C1CCCc2ccccc21. The molecule has 0 radical (unpaired) electrons. The molecular weight excluding hydrogens is 236 g/mol. The second kappa shape index (κ2) is 6.71. The summed E-state index contributed by atoms with van der Waals surface area (Å²) >= 11 is 0. The maximum absolute atomic E-state index is 12.3. The standard InChI is InChI=1S/C16H24N2O/c1-3-17-12(2)11-18-16(19)15-10-6-8-13-7-4-5-9-14(13)15/h4-5,7,9,12,15,17H,3,6,8,10-11H2,1-2H3,(H,18,19)/t12-,15?/m1/s1. The van der Waals surface area contributed by atoms with Gasteiger partial charge in [0.05, 0.1) is 5.92 Å². The van der Waals surface area contributed by atoms with Gasteiger partial charge < -0.3 is 10.6 Å². The third-order valence-corrected chi connectivity index (χ3v) is 3.82. The third-order valence-electron chi connectivity index (χ3n) is 3.82. The molecule has 1 aliphatic rings. The van der Waals surface area contributed by atoms with Crippen LogP contribution in [0.25, 0.3) is 0 Å². The van der Waals surface area contributed by atoms with Gasteiger partial charge in [-0.3, -0.25) is 4.79 Å². The van der Waals surface area contributed by atoms with Gasteiger partial charge in [0.15, 0.2) is 0 Å². The van der Waals surface area contributed by atoms with E-state index >= 15 is 0 Å². The van der Waals surface area contributed by atoms with Gasteiger partial charge in [0.2, 0.25) is 5.91 Å². The summed E-state index contributed by atoms with van der Waals surface area (Å²) in [6.45, 7) is 5.81. The van der Waals surface area contributed by atoms with Crippen molar-refractivity contribution >= 4 is 5.91 Å². The van der Waals surface area contributed by atoms with Gasteiger partial charge in [-0.2, -0.15) is 0 Å². The number of hydrogen-bond acceptors (Lipinski definition) is 2. The number of hydrogen-bond donors (Lipinski definition) is 2. The molecule has 0 spiro atoms. The van der Waals surface area contributed by atoms with E-state index in [0.717, 1.165) is 25.8 Å². The van der Waals surface area contributed by atoms with Crippen LogP contribution in [0.15, 0.2) is 24.3 Å². The Hall–Kier alpha value is -1.35. The van der Waals surface area contributed by atoms with Crippen molar-refractivity contribution in [2.24, 2.45) is 0 Å². The number of nitrogens with one attached hydrogen (secondary N) is 2. The minimum atomic E-state index is 0.0405. The Morgan fingerprint density at radius 1 is 1.42 bits per heavy atom. The van der Waals surface area contributed by atoms with Crippen molar-refractivity contribution in [3.05, 3.63) is 35.4 Å². The highest BCUT2D eigenvalue weighted by Gasteiger charge is 2.25. The van der Waals surface area contributed by atoms with Crippen molar-refractivity contribution in [3.8, 4) is 0 Å². The van der Waals surface area contributed by atoms with E-state index < -0.39 is 0 Å². The molecule has 0 heterocycles. The van der Waals surface area contributed by atoms with E-state index in [4.69, 9.17) is 0 Å². The Labute approximate surface area is 115 Å². The Kier molecular flexibility index (Phi) is 4.97. The zero-order valence-corrected chi connectivity index (χ0v) is 11.9. The number of fused-ring (bicyclic) bond motifs is 1. The Balaban J connectivity index is 1.97. The first-order chi connectivity index (χ1) is 9.22. The van der Waals surface area contributed by atoms with E-state index in [2.05, 4.69) is 42.7 Å². The normalized spacial score (nSPS) is 19.6. The van der Waals surface area contributed by atoms with Crippen LogP contribution in [0, 0.1) is 0 Å². The average Bonchev–Trinajstić information content (AvgIpc) is 2.44. The molecular formula is C16H24N2O. The molecule has 1 aromatic rings. The molecule has 0 aromatic heterocycles. The number of carbonyl (C=O) groups is 1. The molecule has 2 atom stereocenters. The molecule has 0 saturated heterocycles. The van der Waals surface area contributed by atoms with Gasteiger partial charge in [0.1, 0.15) is 0 Å². The summed E-state index contributed by atoms with van der Waals surface area (Å²) < 4.78 is 0. The van der Waals surface area contributed by atoms with Gasteiger partial charge in [-0.1, -0.05) is 31.2 Å². The van der Waals surface area contributed by atoms with Crippen LogP contribution in [0.5, 0.6) is 0 Å².